The summed E-state index contributed by atoms with van der Waals surface area (Å²) in [5.41, 5.74) is 0.276. The van der Waals surface area contributed by atoms with Crippen molar-refractivity contribution in [3.63, 3.8) is 0 Å². The number of anilines is 1. The van der Waals surface area contributed by atoms with Gasteiger partial charge in [0.15, 0.2) is 0 Å². The maximum Gasteiger partial charge on any atom is 0.304 e. The van der Waals surface area contributed by atoms with Crippen molar-refractivity contribution in [3.05, 3.63) is 64.0 Å². The standard InChI is InChI=1S/C18H21FN2O4S/c1-2-3-4-5-6-14-7-10-16(11-8-14)26(24,25)20-15-9-12-18(21(22)23)17(19)13-15/h7-13,20H,2-6H2,1H3. The fourth-order valence-corrected chi connectivity index (χ4v) is 3.57. The van der Waals surface area contributed by atoms with E-state index in [2.05, 4.69) is 11.6 Å². The highest BCUT2D eigenvalue weighted by Gasteiger charge is 2.18. The van der Waals surface area contributed by atoms with E-state index in [0.29, 0.717) is 0 Å². The lowest BCUT2D eigenvalue weighted by Crippen LogP contribution is -2.13. The van der Waals surface area contributed by atoms with E-state index in [1.165, 1.54) is 18.6 Å². The summed E-state index contributed by atoms with van der Waals surface area (Å²) in [4.78, 5) is 9.79. The molecular formula is C18H21FN2O4S. The van der Waals surface area contributed by atoms with Crippen LogP contribution in [0, 0.1) is 15.9 Å². The first kappa shape index (κ1) is 19.8. The van der Waals surface area contributed by atoms with Crippen molar-refractivity contribution < 1.29 is 17.7 Å². The second-order valence-electron chi connectivity index (χ2n) is 5.98. The quantitative estimate of drug-likeness (QED) is 0.389. The minimum atomic E-state index is -3.90. The van der Waals surface area contributed by atoms with Crippen molar-refractivity contribution >= 4 is 21.4 Å². The molecule has 0 fully saturated rings. The van der Waals surface area contributed by atoms with E-state index in [1.54, 1.807) is 12.1 Å². The normalized spacial score (nSPS) is 11.3. The van der Waals surface area contributed by atoms with E-state index in [0.717, 1.165) is 49.4 Å². The molecular weight excluding hydrogens is 359 g/mol. The number of aryl methyl sites for hydroxylation is 1. The third kappa shape index (κ3) is 5.26. The zero-order valence-electron chi connectivity index (χ0n) is 14.4. The highest BCUT2D eigenvalue weighted by molar-refractivity contribution is 7.92. The van der Waals surface area contributed by atoms with Gasteiger partial charge in [-0.2, -0.15) is 4.39 Å². The Bertz CT molecular complexity index is 867. The Hall–Kier alpha value is -2.48. The number of nitro benzene ring substituents is 1. The number of nitrogens with zero attached hydrogens (tertiary/aromatic N) is 1. The number of rotatable bonds is 9. The van der Waals surface area contributed by atoms with Gasteiger partial charge in [-0.15, -0.1) is 0 Å². The fourth-order valence-electron chi connectivity index (χ4n) is 2.52. The molecule has 2 rings (SSSR count). The molecule has 0 spiro atoms. The predicted molar refractivity (Wildman–Crippen MR) is 98.2 cm³/mol. The first-order valence-corrected chi connectivity index (χ1v) is 9.87. The molecule has 1 N–H and O–H groups in total. The van der Waals surface area contributed by atoms with Crippen molar-refractivity contribution in [1.82, 2.24) is 0 Å². The molecule has 0 aliphatic carbocycles. The number of nitrogens with one attached hydrogen (secondary N) is 1. The lowest BCUT2D eigenvalue weighted by atomic mass is 10.1. The molecule has 2 aromatic carbocycles. The van der Waals surface area contributed by atoms with Crippen LogP contribution in [0.3, 0.4) is 0 Å². The number of hydrogen-bond acceptors (Lipinski definition) is 4. The number of hydrogen-bond donors (Lipinski definition) is 1. The molecule has 140 valence electrons. The van der Waals surface area contributed by atoms with Gasteiger partial charge >= 0.3 is 5.69 Å². The van der Waals surface area contributed by atoms with Gasteiger partial charge in [-0.1, -0.05) is 38.3 Å². The summed E-state index contributed by atoms with van der Waals surface area (Å²) in [5, 5.41) is 10.6. The minimum Gasteiger partial charge on any atom is -0.280 e. The van der Waals surface area contributed by atoms with Gasteiger partial charge in [0.05, 0.1) is 15.5 Å². The lowest BCUT2D eigenvalue weighted by Gasteiger charge is -2.09. The molecule has 0 bridgehead atoms. The van der Waals surface area contributed by atoms with E-state index in [4.69, 9.17) is 0 Å². The van der Waals surface area contributed by atoms with Crippen molar-refractivity contribution in [2.75, 3.05) is 4.72 Å². The Labute approximate surface area is 152 Å². The minimum absolute atomic E-state index is 0.0496. The number of sulfonamides is 1. The topological polar surface area (TPSA) is 89.3 Å². The van der Waals surface area contributed by atoms with Crippen LogP contribution >= 0.6 is 0 Å². The van der Waals surface area contributed by atoms with Gasteiger partial charge < -0.3 is 0 Å². The first-order valence-electron chi connectivity index (χ1n) is 8.39. The van der Waals surface area contributed by atoms with E-state index >= 15 is 0 Å². The van der Waals surface area contributed by atoms with Gasteiger partial charge in [0.25, 0.3) is 10.0 Å². The second-order valence-corrected chi connectivity index (χ2v) is 7.67. The molecule has 8 heteroatoms. The highest BCUT2D eigenvalue weighted by Crippen LogP contribution is 2.23. The summed E-state index contributed by atoms with van der Waals surface area (Å²) >= 11 is 0. The molecule has 0 saturated heterocycles. The smallest absolute Gasteiger partial charge is 0.280 e. The third-order valence-corrected chi connectivity index (χ3v) is 5.35. The van der Waals surface area contributed by atoms with Crippen molar-refractivity contribution in [3.8, 4) is 0 Å². The zero-order chi connectivity index (χ0) is 19.2. The second kappa shape index (κ2) is 8.75. The van der Waals surface area contributed by atoms with Crippen molar-refractivity contribution in [2.24, 2.45) is 0 Å². The lowest BCUT2D eigenvalue weighted by molar-refractivity contribution is -0.387. The summed E-state index contributed by atoms with van der Waals surface area (Å²) < 4.78 is 40.6. The number of unbranched alkanes of at least 4 members (excludes halogenated alkanes) is 3. The van der Waals surface area contributed by atoms with Crippen LogP contribution < -0.4 is 4.72 Å². The maximum absolute atomic E-state index is 13.6. The van der Waals surface area contributed by atoms with Crippen molar-refractivity contribution in [2.45, 2.75) is 43.9 Å². The molecule has 0 heterocycles. The molecule has 26 heavy (non-hydrogen) atoms. The number of benzene rings is 2. The number of halogens is 1. The Balaban J connectivity index is 2.07. The Morgan fingerprint density at radius 2 is 1.77 bits per heavy atom. The van der Waals surface area contributed by atoms with Gasteiger partial charge in [-0.05, 0) is 36.6 Å². The molecule has 0 saturated carbocycles. The molecule has 2 aromatic rings. The van der Waals surface area contributed by atoms with Crippen molar-refractivity contribution in [1.29, 1.82) is 0 Å². The Kier molecular flexibility index (Phi) is 6.68. The average molecular weight is 380 g/mol. The molecule has 6 nitrogen and oxygen atoms in total. The van der Waals surface area contributed by atoms with E-state index in [1.807, 2.05) is 0 Å². The largest absolute Gasteiger partial charge is 0.304 e. The molecule has 0 atom stereocenters. The Morgan fingerprint density at radius 1 is 1.08 bits per heavy atom. The van der Waals surface area contributed by atoms with Gasteiger partial charge in [0.2, 0.25) is 5.82 Å². The van der Waals surface area contributed by atoms with Crippen LogP contribution in [0.2, 0.25) is 0 Å². The summed E-state index contributed by atoms with van der Waals surface area (Å²) in [6.45, 7) is 2.14. The first-order chi connectivity index (χ1) is 12.3. The van der Waals surface area contributed by atoms with Crippen LogP contribution in [0.4, 0.5) is 15.8 Å². The molecule has 0 unspecified atom stereocenters. The summed E-state index contributed by atoms with van der Waals surface area (Å²) in [7, 11) is -3.90. The van der Waals surface area contributed by atoms with Crippen LogP contribution in [0.25, 0.3) is 0 Å². The molecule has 0 radical (unpaired) electrons. The highest BCUT2D eigenvalue weighted by atomic mass is 32.2. The summed E-state index contributed by atoms with van der Waals surface area (Å²) in [6.07, 6.45) is 5.43. The van der Waals surface area contributed by atoms with Gasteiger partial charge in [-0.3, -0.25) is 14.8 Å². The Morgan fingerprint density at radius 3 is 2.35 bits per heavy atom. The van der Waals surface area contributed by atoms with Crippen LogP contribution in [-0.2, 0) is 16.4 Å². The number of nitro groups is 1. The van der Waals surface area contributed by atoms with E-state index in [9.17, 15) is 22.9 Å². The fraction of sp³-hybridized carbons (Fsp3) is 0.333. The van der Waals surface area contributed by atoms with Crippen LogP contribution in [0.15, 0.2) is 47.4 Å². The van der Waals surface area contributed by atoms with Crippen LogP contribution in [0.5, 0.6) is 0 Å². The third-order valence-electron chi connectivity index (χ3n) is 3.95. The van der Waals surface area contributed by atoms with E-state index < -0.39 is 26.5 Å². The SMILES string of the molecule is CCCCCCc1ccc(S(=O)(=O)Nc2ccc([N+](=O)[O-])c(F)c2)cc1. The summed E-state index contributed by atoms with van der Waals surface area (Å²) in [5.74, 6) is -1.10. The van der Waals surface area contributed by atoms with Gasteiger partial charge in [-0.25, -0.2) is 8.42 Å². The zero-order valence-corrected chi connectivity index (χ0v) is 15.3. The molecule has 0 aliphatic heterocycles. The van der Waals surface area contributed by atoms with Crippen LogP contribution in [-0.4, -0.2) is 13.3 Å². The predicted octanol–water partition coefficient (Wildman–Crippen LogP) is 4.66. The molecule has 0 aliphatic rings. The summed E-state index contributed by atoms with van der Waals surface area (Å²) in [6, 6.07) is 9.39. The maximum atomic E-state index is 13.6. The van der Waals surface area contributed by atoms with Crippen LogP contribution in [0.1, 0.15) is 38.2 Å². The van der Waals surface area contributed by atoms with Gasteiger partial charge in [0, 0.05) is 12.1 Å². The monoisotopic (exact) mass is 380 g/mol. The molecule has 0 aromatic heterocycles. The van der Waals surface area contributed by atoms with Gasteiger partial charge in [0.1, 0.15) is 0 Å². The van der Waals surface area contributed by atoms with E-state index in [-0.39, 0.29) is 10.6 Å². The molecule has 0 amide bonds. The average Bonchev–Trinajstić information content (AvgIpc) is 2.58.